The molecule has 118 valence electrons. The van der Waals surface area contributed by atoms with Crippen LogP contribution in [0.25, 0.3) is 11.2 Å². The fourth-order valence-electron chi connectivity index (χ4n) is 2.41. The second-order valence-corrected chi connectivity index (χ2v) is 4.92. The molecule has 3 heterocycles. The van der Waals surface area contributed by atoms with E-state index in [2.05, 4.69) is 15.0 Å². The number of carboxylic acids is 1. The lowest BCUT2D eigenvalue weighted by atomic mass is 10.0. The molecular formula is C11H14N6O5. The third kappa shape index (κ3) is 2.07. The first-order chi connectivity index (χ1) is 10.4. The zero-order valence-electron chi connectivity index (χ0n) is 11.1. The molecule has 1 aliphatic rings. The highest BCUT2D eigenvalue weighted by molar-refractivity contribution is 5.81. The number of rotatable bonds is 3. The number of carbonyl (C=O) groups is 1. The Balaban J connectivity index is 1.98. The highest BCUT2D eigenvalue weighted by Crippen LogP contribution is 2.32. The average Bonchev–Trinajstić information content (AvgIpc) is 3.02. The van der Waals surface area contributed by atoms with E-state index in [1.165, 1.54) is 17.2 Å². The SMILES string of the molecule is Nc1ncnc2c1ncn2[C@@H]1O[C@H]([C@H](N)C(=O)O)[C@@H](O)[C@H]1O. The van der Waals surface area contributed by atoms with Gasteiger partial charge in [0.2, 0.25) is 0 Å². The van der Waals surface area contributed by atoms with Gasteiger partial charge in [-0.25, -0.2) is 15.0 Å². The number of anilines is 1. The Labute approximate surface area is 123 Å². The number of aliphatic hydroxyl groups is 2. The number of fused-ring (bicyclic) bond motifs is 1. The highest BCUT2D eigenvalue weighted by Gasteiger charge is 2.48. The van der Waals surface area contributed by atoms with Crippen LogP contribution in [0, 0.1) is 0 Å². The highest BCUT2D eigenvalue weighted by atomic mass is 16.6. The van der Waals surface area contributed by atoms with Crippen molar-refractivity contribution in [3.05, 3.63) is 12.7 Å². The molecule has 0 bridgehead atoms. The van der Waals surface area contributed by atoms with Crippen molar-refractivity contribution >= 4 is 23.0 Å². The normalized spacial score (nSPS) is 29.8. The van der Waals surface area contributed by atoms with Gasteiger partial charge in [0.25, 0.3) is 0 Å². The van der Waals surface area contributed by atoms with Crippen molar-refractivity contribution in [3.63, 3.8) is 0 Å². The summed E-state index contributed by atoms with van der Waals surface area (Å²) in [5.74, 6) is -1.20. The molecule has 11 heteroatoms. The summed E-state index contributed by atoms with van der Waals surface area (Å²) >= 11 is 0. The van der Waals surface area contributed by atoms with Gasteiger partial charge in [-0.3, -0.25) is 9.36 Å². The van der Waals surface area contributed by atoms with Crippen molar-refractivity contribution in [1.29, 1.82) is 0 Å². The second-order valence-electron chi connectivity index (χ2n) is 4.92. The summed E-state index contributed by atoms with van der Waals surface area (Å²) in [6.45, 7) is 0. The van der Waals surface area contributed by atoms with Gasteiger partial charge in [-0.2, -0.15) is 0 Å². The van der Waals surface area contributed by atoms with E-state index in [-0.39, 0.29) is 11.5 Å². The molecule has 0 amide bonds. The van der Waals surface area contributed by atoms with Gasteiger partial charge in [-0.05, 0) is 0 Å². The van der Waals surface area contributed by atoms with E-state index in [0.29, 0.717) is 5.52 Å². The number of aromatic nitrogens is 4. The predicted octanol–water partition coefficient (Wildman–Crippen LogP) is -2.56. The molecule has 0 spiro atoms. The quantitative estimate of drug-likeness (QED) is 0.404. The molecule has 0 saturated carbocycles. The van der Waals surface area contributed by atoms with Crippen molar-refractivity contribution in [2.45, 2.75) is 30.6 Å². The number of nitrogens with two attached hydrogens (primary N) is 2. The third-order valence-electron chi connectivity index (χ3n) is 3.58. The number of nitrogen functional groups attached to an aromatic ring is 1. The lowest BCUT2D eigenvalue weighted by molar-refractivity contribution is -0.144. The van der Waals surface area contributed by atoms with Gasteiger partial charge in [-0.1, -0.05) is 0 Å². The molecule has 2 aromatic heterocycles. The third-order valence-corrected chi connectivity index (χ3v) is 3.58. The summed E-state index contributed by atoms with van der Waals surface area (Å²) in [4.78, 5) is 22.7. The van der Waals surface area contributed by atoms with Crippen LogP contribution in [0.2, 0.25) is 0 Å². The van der Waals surface area contributed by atoms with Crippen molar-refractivity contribution in [2.24, 2.45) is 5.73 Å². The van der Waals surface area contributed by atoms with Crippen LogP contribution < -0.4 is 11.5 Å². The first kappa shape index (κ1) is 14.6. The topological polar surface area (TPSA) is 183 Å². The van der Waals surface area contributed by atoms with Crippen molar-refractivity contribution < 1.29 is 24.9 Å². The number of imidazole rings is 1. The molecule has 3 rings (SSSR count). The first-order valence-corrected chi connectivity index (χ1v) is 6.34. The number of nitrogens with zero attached hydrogens (tertiary/aromatic N) is 4. The van der Waals surface area contributed by atoms with Gasteiger partial charge in [-0.15, -0.1) is 0 Å². The van der Waals surface area contributed by atoms with E-state index in [0.717, 1.165) is 0 Å². The largest absolute Gasteiger partial charge is 0.480 e. The Morgan fingerprint density at radius 2 is 2.05 bits per heavy atom. The first-order valence-electron chi connectivity index (χ1n) is 6.34. The van der Waals surface area contributed by atoms with E-state index in [1.54, 1.807) is 0 Å². The van der Waals surface area contributed by atoms with Crippen LogP contribution in [0.5, 0.6) is 0 Å². The average molecular weight is 310 g/mol. The lowest BCUT2D eigenvalue weighted by Crippen LogP contribution is -2.48. The Bertz CT molecular complexity index is 720. The summed E-state index contributed by atoms with van der Waals surface area (Å²) in [7, 11) is 0. The molecular weight excluding hydrogens is 296 g/mol. The molecule has 11 nitrogen and oxygen atoms in total. The zero-order chi connectivity index (χ0) is 16.0. The fraction of sp³-hybridized carbons (Fsp3) is 0.455. The molecule has 7 N–H and O–H groups in total. The Morgan fingerprint density at radius 1 is 1.32 bits per heavy atom. The summed E-state index contributed by atoms with van der Waals surface area (Å²) < 4.78 is 6.76. The van der Waals surface area contributed by atoms with Crippen molar-refractivity contribution in [3.8, 4) is 0 Å². The molecule has 5 atom stereocenters. The molecule has 0 aliphatic carbocycles. The fourth-order valence-corrected chi connectivity index (χ4v) is 2.41. The van der Waals surface area contributed by atoms with E-state index in [9.17, 15) is 15.0 Å². The minimum Gasteiger partial charge on any atom is -0.480 e. The van der Waals surface area contributed by atoms with E-state index < -0.39 is 36.6 Å². The van der Waals surface area contributed by atoms with Crippen molar-refractivity contribution in [1.82, 2.24) is 19.5 Å². The number of carboxylic acid groups (broad SMARTS) is 1. The molecule has 0 unspecified atom stereocenters. The molecule has 1 fully saturated rings. The van der Waals surface area contributed by atoms with Crippen LogP contribution in [0.15, 0.2) is 12.7 Å². The van der Waals surface area contributed by atoms with Crippen LogP contribution in [0.3, 0.4) is 0 Å². The number of hydrogen-bond donors (Lipinski definition) is 5. The van der Waals surface area contributed by atoms with Crippen LogP contribution in [0.4, 0.5) is 5.82 Å². The maximum Gasteiger partial charge on any atom is 0.323 e. The standard InChI is InChI=1S/C11H14N6O5/c12-3(11(20)21)7-5(18)6(19)10(22-7)17-2-16-4-8(13)14-1-15-9(4)17/h1-3,5-7,10,18-19H,12H2,(H,20,21)(H2,13,14,15)/t3-,5-,6+,7+,10+/m0/s1. The molecule has 0 radical (unpaired) electrons. The summed E-state index contributed by atoms with van der Waals surface area (Å²) in [6.07, 6.45) is -2.70. The molecule has 2 aromatic rings. The number of aliphatic hydroxyl groups excluding tert-OH is 2. The smallest absolute Gasteiger partial charge is 0.323 e. The number of aliphatic carboxylic acids is 1. The lowest BCUT2D eigenvalue weighted by Gasteiger charge is -2.18. The van der Waals surface area contributed by atoms with E-state index in [4.69, 9.17) is 21.3 Å². The Hall–Kier alpha value is -2.34. The zero-order valence-corrected chi connectivity index (χ0v) is 11.1. The Morgan fingerprint density at radius 3 is 2.73 bits per heavy atom. The van der Waals surface area contributed by atoms with E-state index in [1.807, 2.05) is 0 Å². The minimum absolute atomic E-state index is 0.149. The van der Waals surface area contributed by atoms with Gasteiger partial charge < -0.3 is 31.5 Å². The van der Waals surface area contributed by atoms with E-state index >= 15 is 0 Å². The summed E-state index contributed by atoms with van der Waals surface area (Å²) in [5.41, 5.74) is 11.7. The maximum absolute atomic E-state index is 10.9. The second kappa shape index (κ2) is 5.14. The number of hydrogen-bond acceptors (Lipinski definition) is 9. The van der Waals surface area contributed by atoms with Gasteiger partial charge in [0.15, 0.2) is 17.7 Å². The van der Waals surface area contributed by atoms with Gasteiger partial charge in [0.05, 0.1) is 6.33 Å². The van der Waals surface area contributed by atoms with Gasteiger partial charge >= 0.3 is 5.97 Å². The van der Waals surface area contributed by atoms with Crippen LogP contribution in [-0.4, -0.2) is 65.2 Å². The molecule has 1 saturated heterocycles. The monoisotopic (exact) mass is 310 g/mol. The summed E-state index contributed by atoms with van der Waals surface area (Å²) in [6, 6.07) is -1.48. The maximum atomic E-state index is 10.9. The predicted molar refractivity (Wildman–Crippen MR) is 71.3 cm³/mol. The molecule has 22 heavy (non-hydrogen) atoms. The van der Waals surface area contributed by atoms with Crippen LogP contribution in [-0.2, 0) is 9.53 Å². The van der Waals surface area contributed by atoms with Crippen LogP contribution >= 0.6 is 0 Å². The summed E-state index contributed by atoms with van der Waals surface area (Å²) in [5, 5.41) is 29.0. The minimum atomic E-state index is -1.48. The van der Waals surface area contributed by atoms with Gasteiger partial charge in [0, 0.05) is 0 Å². The van der Waals surface area contributed by atoms with Crippen molar-refractivity contribution in [2.75, 3.05) is 5.73 Å². The number of ether oxygens (including phenoxy) is 1. The van der Waals surface area contributed by atoms with Gasteiger partial charge in [0.1, 0.15) is 36.2 Å². The molecule has 0 aromatic carbocycles. The Kier molecular flexibility index (Phi) is 3.41. The van der Waals surface area contributed by atoms with Crippen LogP contribution in [0.1, 0.15) is 6.23 Å². The molecule has 1 aliphatic heterocycles.